The maximum Gasteiger partial charge on any atom is 0.276 e. The second-order valence-electron chi connectivity index (χ2n) is 9.37. The van der Waals surface area contributed by atoms with E-state index >= 15 is 0 Å². The lowest BCUT2D eigenvalue weighted by atomic mass is 10.0. The van der Waals surface area contributed by atoms with Crippen molar-refractivity contribution in [2.24, 2.45) is 0 Å². The topological polar surface area (TPSA) is 41.4 Å². The third kappa shape index (κ3) is 6.29. The van der Waals surface area contributed by atoms with Gasteiger partial charge in [0.1, 0.15) is 5.82 Å². The van der Waals surface area contributed by atoms with Crippen LogP contribution in [0.1, 0.15) is 22.3 Å². The van der Waals surface area contributed by atoms with Crippen LogP contribution in [0.2, 0.25) is 0 Å². The molecule has 0 unspecified atom stereocenters. The van der Waals surface area contributed by atoms with Crippen molar-refractivity contribution in [3.05, 3.63) is 123 Å². The van der Waals surface area contributed by atoms with Crippen molar-refractivity contribution in [1.82, 2.24) is 14.1 Å². The number of anilines is 1. The summed E-state index contributed by atoms with van der Waals surface area (Å²) in [5.41, 5.74) is 5.14. The molecule has 1 saturated heterocycles. The maximum absolute atomic E-state index is 14.1. The Morgan fingerprint density at radius 3 is 2.22 bits per heavy atom. The summed E-state index contributed by atoms with van der Waals surface area (Å²) in [6.45, 7) is 5.27. The molecular weight excluding hydrogens is 483 g/mol. The number of hydrogen-bond acceptors (Lipinski definition) is 5. The minimum absolute atomic E-state index is 0.181. The Morgan fingerprint density at radius 2 is 1.54 bits per heavy atom. The largest absolute Gasteiger partial charge is 0.367 e. The number of nitrogens with zero attached hydrogens (tertiary/aromatic N) is 4. The van der Waals surface area contributed by atoms with E-state index in [0.29, 0.717) is 12.1 Å². The Morgan fingerprint density at radius 1 is 0.865 bits per heavy atom. The summed E-state index contributed by atoms with van der Waals surface area (Å²) in [6.07, 6.45) is 3.13. The molecule has 1 aliphatic rings. The van der Waals surface area contributed by atoms with Gasteiger partial charge in [-0.15, -0.1) is 0 Å². The summed E-state index contributed by atoms with van der Waals surface area (Å²) in [7, 11) is 0. The molecule has 2 heterocycles. The lowest BCUT2D eigenvalue weighted by Crippen LogP contribution is -2.45. The summed E-state index contributed by atoms with van der Waals surface area (Å²) in [5.74, 6) is 0.580. The fourth-order valence-corrected chi connectivity index (χ4v) is 5.67. The van der Waals surface area contributed by atoms with E-state index in [0.717, 1.165) is 55.2 Å². The molecule has 0 saturated carbocycles. The van der Waals surface area contributed by atoms with Crippen molar-refractivity contribution in [3.8, 4) is 5.69 Å². The molecule has 5 rings (SSSR count). The monoisotopic (exact) mass is 514 g/mol. The Kier molecular flexibility index (Phi) is 8.02. The second kappa shape index (κ2) is 11.8. The average Bonchev–Trinajstić information content (AvgIpc) is 2.92. The van der Waals surface area contributed by atoms with Crippen LogP contribution >= 0.6 is 11.9 Å². The van der Waals surface area contributed by atoms with Crippen molar-refractivity contribution in [2.45, 2.75) is 25.5 Å². The molecule has 4 aromatic rings. The molecule has 5 nitrogen and oxygen atoms in total. The van der Waals surface area contributed by atoms with Crippen molar-refractivity contribution < 1.29 is 4.39 Å². The highest BCUT2D eigenvalue weighted by Crippen LogP contribution is 2.25. The van der Waals surface area contributed by atoms with Crippen molar-refractivity contribution in [1.29, 1.82) is 0 Å². The Bertz CT molecular complexity index is 1370. The van der Waals surface area contributed by atoms with Crippen molar-refractivity contribution in [2.75, 3.05) is 31.1 Å². The van der Waals surface area contributed by atoms with Gasteiger partial charge in [0.25, 0.3) is 5.56 Å². The van der Waals surface area contributed by atoms with Gasteiger partial charge < -0.3 is 4.90 Å². The van der Waals surface area contributed by atoms with Crippen LogP contribution in [-0.4, -0.2) is 40.3 Å². The van der Waals surface area contributed by atoms with E-state index < -0.39 is 0 Å². The van der Waals surface area contributed by atoms with Gasteiger partial charge in [0.2, 0.25) is 0 Å². The standard InChI is InChI=1S/C30H31FN4OS/c1-23-18-26(31)20-27(19-23)35-30(36)28(13-12-24-8-4-2-5-9-24)29(21-32-35)33-14-16-34(17-15-33)37-22-25-10-6-3-7-11-25/h2-11,18-21H,12-17,22H2,1H3. The van der Waals surface area contributed by atoms with Gasteiger partial charge in [-0.25, -0.2) is 8.70 Å². The summed E-state index contributed by atoms with van der Waals surface area (Å²) >= 11 is 1.85. The van der Waals surface area contributed by atoms with Crippen LogP contribution in [0.15, 0.2) is 89.9 Å². The number of hydrogen-bond donors (Lipinski definition) is 0. The summed E-state index contributed by atoms with van der Waals surface area (Å²) in [5, 5.41) is 4.49. The lowest BCUT2D eigenvalue weighted by Gasteiger charge is -2.36. The molecule has 3 aromatic carbocycles. The van der Waals surface area contributed by atoms with Gasteiger partial charge in [-0.2, -0.15) is 9.78 Å². The van der Waals surface area contributed by atoms with Gasteiger partial charge in [0, 0.05) is 37.5 Å². The van der Waals surface area contributed by atoms with Crippen molar-refractivity contribution in [3.63, 3.8) is 0 Å². The molecule has 0 amide bonds. The van der Waals surface area contributed by atoms with Gasteiger partial charge in [-0.1, -0.05) is 72.6 Å². The van der Waals surface area contributed by atoms with Crippen LogP contribution in [0.5, 0.6) is 0 Å². The SMILES string of the molecule is Cc1cc(F)cc(-n2ncc(N3CCN(SCc4ccccc4)CC3)c(CCc3ccccc3)c2=O)c1. The highest BCUT2D eigenvalue weighted by molar-refractivity contribution is 7.96. The summed E-state index contributed by atoms with van der Waals surface area (Å²) in [6, 6.07) is 25.3. The highest BCUT2D eigenvalue weighted by Gasteiger charge is 2.23. The number of halogens is 1. The fourth-order valence-electron chi connectivity index (χ4n) is 4.72. The molecule has 190 valence electrons. The Hall–Kier alpha value is -3.42. The van der Waals surface area contributed by atoms with E-state index in [2.05, 4.69) is 50.7 Å². The Balaban J connectivity index is 1.37. The molecule has 1 aromatic heterocycles. The minimum atomic E-state index is -0.372. The first kappa shape index (κ1) is 25.2. The molecule has 0 aliphatic carbocycles. The van der Waals surface area contributed by atoms with E-state index in [1.807, 2.05) is 43.1 Å². The first-order chi connectivity index (χ1) is 18.1. The molecule has 0 N–H and O–H groups in total. The van der Waals surface area contributed by atoms with E-state index in [-0.39, 0.29) is 11.4 Å². The maximum atomic E-state index is 14.1. The first-order valence-corrected chi connectivity index (χ1v) is 13.6. The van der Waals surface area contributed by atoms with E-state index in [9.17, 15) is 9.18 Å². The summed E-state index contributed by atoms with van der Waals surface area (Å²) in [4.78, 5) is 16.0. The van der Waals surface area contributed by atoms with Gasteiger partial charge in [0.15, 0.2) is 0 Å². The van der Waals surface area contributed by atoms with Crippen LogP contribution < -0.4 is 10.5 Å². The minimum Gasteiger partial charge on any atom is -0.367 e. The molecule has 0 radical (unpaired) electrons. The van der Waals surface area contributed by atoms with E-state index in [4.69, 9.17) is 0 Å². The smallest absolute Gasteiger partial charge is 0.276 e. The third-order valence-corrected chi connectivity index (χ3v) is 7.86. The molecule has 0 bridgehead atoms. The lowest BCUT2D eigenvalue weighted by molar-refractivity contribution is 0.428. The molecule has 0 spiro atoms. The van der Waals surface area contributed by atoms with E-state index in [1.165, 1.54) is 27.9 Å². The molecule has 1 fully saturated rings. The predicted molar refractivity (Wildman–Crippen MR) is 150 cm³/mol. The average molecular weight is 515 g/mol. The van der Waals surface area contributed by atoms with Crippen LogP contribution in [0.3, 0.4) is 0 Å². The number of aryl methyl sites for hydroxylation is 2. The second-order valence-corrected chi connectivity index (χ2v) is 10.4. The van der Waals surface area contributed by atoms with Crippen molar-refractivity contribution >= 4 is 17.6 Å². The fraction of sp³-hybridized carbons (Fsp3) is 0.267. The molecule has 1 aliphatic heterocycles. The van der Waals surface area contributed by atoms with Gasteiger partial charge in [-0.3, -0.25) is 4.79 Å². The zero-order chi connectivity index (χ0) is 25.6. The number of aromatic nitrogens is 2. The highest BCUT2D eigenvalue weighted by atomic mass is 32.2. The predicted octanol–water partition coefficient (Wildman–Crippen LogP) is 5.44. The van der Waals surface area contributed by atoms with Crippen LogP contribution in [0.4, 0.5) is 10.1 Å². The van der Waals surface area contributed by atoms with E-state index in [1.54, 1.807) is 12.3 Å². The zero-order valence-corrected chi connectivity index (χ0v) is 21.8. The first-order valence-electron chi connectivity index (χ1n) is 12.7. The normalized spacial score (nSPS) is 14.2. The van der Waals surface area contributed by atoms with Crippen LogP contribution in [0.25, 0.3) is 5.69 Å². The quantitative estimate of drug-likeness (QED) is 0.293. The van der Waals surface area contributed by atoms with Crippen LogP contribution in [-0.2, 0) is 18.6 Å². The number of piperazine rings is 1. The molecule has 0 atom stereocenters. The Labute approximate surface area is 221 Å². The van der Waals surface area contributed by atoms with Gasteiger partial charge >= 0.3 is 0 Å². The molecular formula is C30H31FN4OS. The van der Waals surface area contributed by atoms with Crippen LogP contribution in [0, 0.1) is 12.7 Å². The number of rotatable bonds is 8. The summed E-state index contributed by atoms with van der Waals surface area (Å²) < 4.78 is 17.9. The molecule has 37 heavy (non-hydrogen) atoms. The third-order valence-electron chi connectivity index (χ3n) is 6.67. The van der Waals surface area contributed by atoms with Gasteiger partial charge in [0.05, 0.1) is 17.6 Å². The molecule has 7 heteroatoms. The zero-order valence-electron chi connectivity index (χ0n) is 21.0. The van der Waals surface area contributed by atoms with Gasteiger partial charge in [-0.05, 0) is 54.7 Å². The number of benzene rings is 3.